The first-order valence-electron chi connectivity index (χ1n) is 14.4. The molecule has 2 aromatic heterocycles. The second kappa shape index (κ2) is 10.4. The van der Waals surface area contributed by atoms with Gasteiger partial charge in [-0.3, -0.25) is 9.36 Å². The predicted molar refractivity (Wildman–Crippen MR) is 154 cm³/mol. The number of hydrogen-bond donors (Lipinski definition) is 1. The normalized spacial score (nSPS) is 32.0. The minimum Gasteiger partial charge on any atom is -0.368 e. The third-order valence-corrected chi connectivity index (χ3v) is 10.6. The Hall–Kier alpha value is -3.31. The van der Waals surface area contributed by atoms with E-state index in [2.05, 4.69) is 56.1 Å². The van der Waals surface area contributed by atoms with Crippen molar-refractivity contribution in [2.45, 2.75) is 62.4 Å². The van der Waals surface area contributed by atoms with Gasteiger partial charge in [-0.25, -0.2) is 19.6 Å². The van der Waals surface area contributed by atoms with Crippen LogP contribution in [0.5, 0.6) is 0 Å². The summed E-state index contributed by atoms with van der Waals surface area (Å²) in [6.07, 6.45) is 4.84. The first kappa shape index (κ1) is 26.3. The van der Waals surface area contributed by atoms with Crippen LogP contribution in [0.3, 0.4) is 0 Å². The highest BCUT2D eigenvalue weighted by atomic mass is 31.2. The summed E-state index contributed by atoms with van der Waals surface area (Å²) in [7, 11) is -1.28. The van der Waals surface area contributed by atoms with Gasteiger partial charge in [-0.15, -0.1) is 0 Å². The maximum Gasteiger partial charge on any atom is 0.260 e. The molecule has 2 aromatic carbocycles. The second-order valence-corrected chi connectivity index (χ2v) is 12.6. The Bertz CT molecular complexity index is 1610. The van der Waals surface area contributed by atoms with Crippen LogP contribution >= 0.6 is 8.53 Å². The van der Waals surface area contributed by atoms with Crippen LogP contribution in [-0.2, 0) is 18.5 Å². The minimum atomic E-state index is -1.28. The van der Waals surface area contributed by atoms with E-state index in [1.54, 1.807) is 18.5 Å². The Morgan fingerprint density at radius 1 is 1.12 bits per heavy atom. The standard InChI is InChI=1S/C30H31N6O5P/c1-2-30-16-38-24(25(30)41-42-36-15-9-14-21(36)23(40-42)19-10-5-3-6-11-19)29(39-30)35-18-33-22-26(31-17-32-27(22)35)34-28(37)20-12-7-4-8-13-20/h3-8,10-13,17-18,21,23-25,29H,2,9,14-16H2,1H3,(H,31,32,34,37)/t21-,23+,24-,25?,29+,30-,42+/m0/s1. The molecule has 0 spiro atoms. The van der Waals surface area contributed by atoms with Gasteiger partial charge in [-0.05, 0) is 37.0 Å². The maximum atomic E-state index is 12.8. The molecule has 11 nitrogen and oxygen atoms in total. The van der Waals surface area contributed by atoms with Crippen molar-refractivity contribution in [1.82, 2.24) is 24.2 Å². The van der Waals surface area contributed by atoms with Gasteiger partial charge in [0.2, 0.25) is 0 Å². The van der Waals surface area contributed by atoms with Crippen molar-refractivity contribution in [3.05, 3.63) is 84.4 Å². The van der Waals surface area contributed by atoms with Crippen LogP contribution in [0.15, 0.2) is 73.3 Å². The lowest BCUT2D eigenvalue weighted by molar-refractivity contribution is -0.172. The van der Waals surface area contributed by atoms with Gasteiger partial charge in [0.15, 0.2) is 23.2 Å². The van der Waals surface area contributed by atoms with Crippen molar-refractivity contribution in [2.75, 3.05) is 18.5 Å². The van der Waals surface area contributed by atoms with Gasteiger partial charge >= 0.3 is 0 Å². The van der Waals surface area contributed by atoms with E-state index in [1.165, 1.54) is 11.9 Å². The van der Waals surface area contributed by atoms with Crippen LogP contribution in [0.1, 0.15) is 54.4 Å². The summed E-state index contributed by atoms with van der Waals surface area (Å²) >= 11 is 0. The van der Waals surface area contributed by atoms with Gasteiger partial charge in [0, 0.05) is 18.2 Å². The Balaban J connectivity index is 1.06. The van der Waals surface area contributed by atoms with Crippen LogP contribution in [0.4, 0.5) is 5.82 Å². The number of imidazole rings is 1. The first-order valence-corrected chi connectivity index (χ1v) is 15.6. The van der Waals surface area contributed by atoms with E-state index in [0.717, 1.165) is 25.8 Å². The van der Waals surface area contributed by atoms with Crippen LogP contribution in [-0.4, -0.2) is 67.1 Å². The second-order valence-electron chi connectivity index (χ2n) is 11.1. The molecule has 4 aliphatic heterocycles. The number of hydrogen-bond acceptors (Lipinski definition) is 9. The number of carbonyl (C=O) groups excluding carboxylic acids is 1. The van der Waals surface area contributed by atoms with E-state index in [-0.39, 0.29) is 24.2 Å². The largest absolute Gasteiger partial charge is 0.368 e. The summed E-state index contributed by atoms with van der Waals surface area (Å²) in [5, 5.41) is 2.87. The number of amides is 1. The topological polar surface area (TPSA) is 113 Å². The zero-order valence-electron chi connectivity index (χ0n) is 23.1. The molecule has 0 saturated carbocycles. The smallest absolute Gasteiger partial charge is 0.260 e. The molecular weight excluding hydrogens is 555 g/mol. The molecule has 42 heavy (non-hydrogen) atoms. The van der Waals surface area contributed by atoms with Crippen molar-refractivity contribution < 1.29 is 23.3 Å². The number of benzene rings is 2. The number of carbonyl (C=O) groups is 1. The lowest BCUT2D eigenvalue weighted by atomic mass is 9.96. The molecule has 0 radical (unpaired) electrons. The minimum absolute atomic E-state index is 0.00659. The van der Waals surface area contributed by atoms with Gasteiger partial charge in [-0.1, -0.05) is 55.5 Å². The summed E-state index contributed by atoms with van der Waals surface area (Å²) in [5.74, 6) is 0.0699. The highest BCUT2D eigenvalue weighted by Gasteiger charge is 2.64. The first-order chi connectivity index (χ1) is 20.6. The Kier molecular flexibility index (Phi) is 6.55. The van der Waals surface area contributed by atoms with Crippen LogP contribution in [0.2, 0.25) is 0 Å². The van der Waals surface area contributed by atoms with Crippen molar-refractivity contribution >= 4 is 31.4 Å². The number of anilines is 1. The lowest BCUT2D eigenvalue weighted by Crippen LogP contribution is -2.41. The average Bonchev–Trinajstić information content (AvgIpc) is 3.86. The molecule has 8 rings (SSSR count). The highest BCUT2D eigenvalue weighted by Crippen LogP contribution is 2.63. The summed E-state index contributed by atoms with van der Waals surface area (Å²) in [6.45, 7) is 3.51. The third kappa shape index (κ3) is 4.18. The van der Waals surface area contributed by atoms with E-state index < -0.39 is 20.4 Å². The molecule has 7 atom stereocenters. The number of ether oxygens (including phenoxy) is 2. The fraction of sp³-hybridized carbons (Fsp3) is 0.400. The maximum absolute atomic E-state index is 12.8. The molecule has 2 bridgehead atoms. The SMILES string of the molecule is CC[C@]12CO[C@@H](C1O[P@@]1O[C@H](c3ccccc3)[C@@H]3CCCN31)[C@H](n1cnc3c(NC(=O)c4ccccc4)ncnc31)O2. The Morgan fingerprint density at radius 2 is 1.93 bits per heavy atom. The number of fused-ring (bicyclic) bond motifs is 4. The van der Waals surface area contributed by atoms with E-state index in [0.29, 0.717) is 35.2 Å². The van der Waals surface area contributed by atoms with Gasteiger partial charge < -0.3 is 23.8 Å². The molecule has 4 aliphatic rings. The van der Waals surface area contributed by atoms with Crippen LogP contribution < -0.4 is 5.32 Å². The van der Waals surface area contributed by atoms with Crippen molar-refractivity contribution in [2.24, 2.45) is 0 Å². The predicted octanol–water partition coefficient (Wildman–Crippen LogP) is 5.00. The molecule has 6 heterocycles. The van der Waals surface area contributed by atoms with Crippen molar-refractivity contribution in [3.8, 4) is 0 Å². The van der Waals surface area contributed by atoms with Gasteiger partial charge in [0.05, 0.1) is 12.9 Å². The average molecular weight is 587 g/mol. The molecular formula is C30H31N6O5P. The number of aromatic nitrogens is 4. The van der Waals surface area contributed by atoms with Gasteiger partial charge in [-0.2, -0.15) is 0 Å². The zero-order chi connectivity index (χ0) is 28.3. The fourth-order valence-corrected chi connectivity index (χ4v) is 8.67. The van der Waals surface area contributed by atoms with Gasteiger partial charge in [0.25, 0.3) is 14.4 Å². The van der Waals surface area contributed by atoms with E-state index in [9.17, 15) is 4.79 Å². The third-order valence-electron chi connectivity index (χ3n) is 8.84. The lowest BCUT2D eigenvalue weighted by Gasteiger charge is -2.31. The quantitative estimate of drug-likeness (QED) is 0.299. The molecule has 1 N–H and O–H groups in total. The van der Waals surface area contributed by atoms with E-state index in [1.807, 2.05) is 28.8 Å². The summed E-state index contributed by atoms with van der Waals surface area (Å²) in [5.41, 5.74) is 2.13. The molecule has 0 aliphatic carbocycles. The highest BCUT2D eigenvalue weighted by molar-refractivity contribution is 7.45. The van der Waals surface area contributed by atoms with Crippen molar-refractivity contribution in [3.63, 3.8) is 0 Å². The molecule has 1 unspecified atom stereocenters. The number of nitrogens with zero attached hydrogens (tertiary/aromatic N) is 5. The van der Waals surface area contributed by atoms with E-state index >= 15 is 0 Å². The molecule has 216 valence electrons. The molecule has 4 saturated heterocycles. The monoisotopic (exact) mass is 586 g/mol. The van der Waals surface area contributed by atoms with Crippen LogP contribution in [0, 0.1) is 0 Å². The molecule has 12 heteroatoms. The van der Waals surface area contributed by atoms with Crippen molar-refractivity contribution in [1.29, 1.82) is 0 Å². The summed E-state index contributed by atoms with van der Waals surface area (Å²) in [4.78, 5) is 26.2. The number of rotatable bonds is 7. The Labute approximate surface area is 244 Å². The summed E-state index contributed by atoms with van der Waals surface area (Å²) < 4.78 is 30.9. The van der Waals surface area contributed by atoms with Gasteiger partial charge in [0.1, 0.15) is 30.2 Å². The fourth-order valence-electron chi connectivity index (χ4n) is 6.63. The molecule has 4 aromatic rings. The Morgan fingerprint density at radius 3 is 2.74 bits per heavy atom. The number of nitrogens with one attached hydrogen (secondary N) is 1. The van der Waals surface area contributed by atoms with E-state index in [4.69, 9.17) is 18.5 Å². The molecule has 4 fully saturated rings. The molecule has 1 amide bonds. The zero-order valence-corrected chi connectivity index (χ0v) is 24.0. The van der Waals surface area contributed by atoms with Crippen LogP contribution in [0.25, 0.3) is 11.2 Å². The summed E-state index contributed by atoms with van der Waals surface area (Å²) in [6, 6.07) is 19.7.